The van der Waals surface area contributed by atoms with Crippen LogP contribution < -0.4 is 5.32 Å². The Kier molecular flexibility index (Phi) is 9.63. The number of rotatable bonds is 12. The summed E-state index contributed by atoms with van der Waals surface area (Å²) in [5, 5.41) is 10.1. The largest absolute Gasteiger partial charge is 0.481 e. The molecule has 0 aromatic heterocycles. The normalized spacial score (nSPS) is 14.1. The molecule has 0 radical (unpaired) electrons. The first-order chi connectivity index (χ1) is 10.2. The fourth-order valence-corrected chi connectivity index (χ4v) is 2.51. The summed E-state index contributed by atoms with van der Waals surface area (Å²) < 4.78 is 36.6. The maximum atomic E-state index is 11.3. The molecule has 0 saturated heterocycles. The zero-order chi connectivity index (χ0) is 17.2. The number of carboxylic acid groups (broad SMARTS) is 1. The van der Waals surface area contributed by atoms with Gasteiger partial charge in [0.15, 0.2) is 6.23 Å². The highest BCUT2D eigenvalue weighted by Gasteiger charge is 2.23. The third-order valence-corrected chi connectivity index (χ3v) is 4.18. The molecule has 0 aliphatic carbocycles. The van der Waals surface area contributed by atoms with Crippen LogP contribution in [0.1, 0.15) is 39.0 Å². The SMILES string of the molecule is C=CC(=O)OC(C)NCC(CCCCCC(=O)O)S(=O)(=O)O. The highest BCUT2D eigenvalue weighted by atomic mass is 32.2. The molecular weight excluding hydrogens is 314 g/mol. The molecule has 0 spiro atoms. The molecule has 128 valence electrons. The molecule has 8 nitrogen and oxygen atoms in total. The van der Waals surface area contributed by atoms with Gasteiger partial charge in [-0.3, -0.25) is 14.7 Å². The summed E-state index contributed by atoms with van der Waals surface area (Å²) in [6.07, 6.45) is 1.97. The van der Waals surface area contributed by atoms with E-state index in [4.69, 9.17) is 9.84 Å². The second-order valence-corrected chi connectivity index (χ2v) is 6.52. The van der Waals surface area contributed by atoms with Gasteiger partial charge in [0.1, 0.15) is 0 Å². The molecule has 0 aliphatic heterocycles. The summed E-state index contributed by atoms with van der Waals surface area (Å²) in [5.74, 6) is -1.54. The Morgan fingerprint density at radius 3 is 2.45 bits per heavy atom. The van der Waals surface area contributed by atoms with Crippen molar-refractivity contribution in [2.75, 3.05) is 6.54 Å². The molecule has 0 aliphatic rings. The van der Waals surface area contributed by atoms with Crippen LogP contribution in [0.3, 0.4) is 0 Å². The Morgan fingerprint density at radius 1 is 1.32 bits per heavy atom. The van der Waals surface area contributed by atoms with Crippen LogP contribution in [0, 0.1) is 0 Å². The van der Waals surface area contributed by atoms with E-state index >= 15 is 0 Å². The van der Waals surface area contributed by atoms with Gasteiger partial charge in [0, 0.05) is 19.0 Å². The fourth-order valence-electron chi connectivity index (χ4n) is 1.74. The summed E-state index contributed by atoms with van der Waals surface area (Å²) in [6.45, 7) is 4.68. The van der Waals surface area contributed by atoms with Crippen LogP contribution in [-0.4, -0.2) is 48.0 Å². The van der Waals surface area contributed by atoms with Gasteiger partial charge in [0.2, 0.25) is 0 Å². The van der Waals surface area contributed by atoms with Crippen LogP contribution in [0.4, 0.5) is 0 Å². The zero-order valence-corrected chi connectivity index (χ0v) is 13.3. The van der Waals surface area contributed by atoms with Gasteiger partial charge in [-0.15, -0.1) is 0 Å². The highest BCUT2D eigenvalue weighted by molar-refractivity contribution is 7.86. The molecule has 2 unspecified atom stereocenters. The second-order valence-electron chi connectivity index (χ2n) is 4.82. The lowest BCUT2D eigenvalue weighted by molar-refractivity contribution is -0.143. The number of carboxylic acids is 1. The number of hydrogen-bond donors (Lipinski definition) is 3. The van der Waals surface area contributed by atoms with Crippen molar-refractivity contribution >= 4 is 22.1 Å². The maximum Gasteiger partial charge on any atom is 0.331 e. The minimum absolute atomic E-state index is 0.0311. The van der Waals surface area contributed by atoms with Crippen LogP contribution in [-0.2, 0) is 24.4 Å². The van der Waals surface area contributed by atoms with Crippen molar-refractivity contribution in [3.05, 3.63) is 12.7 Å². The summed E-state index contributed by atoms with van der Waals surface area (Å²) in [6, 6.07) is 0. The van der Waals surface area contributed by atoms with Crippen LogP contribution in [0.2, 0.25) is 0 Å². The number of esters is 1. The van der Waals surface area contributed by atoms with Crippen LogP contribution in [0.15, 0.2) is 12.7 Å². The molecule has 0 amide bonds. The highest BCUT2D eigenvalue weighted by Crippen LogP contribution is 2.11. The van der Waals surface area contributed by atoms with Gasteiger partial charge >= 0.3 is 11.9 Å². The van der Waals surface area contributed by atoms with E-state index in [0.717, 1.165) is 6.08 Å². The van der Waals surface area contributed by atoms with Gasteiger partial charge in [0.25, 0.3) is 10.1 Å². The molecular formula is C13H23NO7S. The molecule has 9 heteroatoms. The number of nitrogens with one attached hydrogen (secondary N) is 1. The topological polar surface area (TPSA) is 130 Å². The standard InChI is InChI=1S/C13H23NO7S/c1-3-13(17)21-10(2)14-9-11(22(18,19)20)7-5-4-6-8-12(15)16/h3,10-11,14H,1,4-9H2,2H3,(H,15,16)(H,18,19,20). The van der Waals surface area contributed by atoms with E-state index in [2.05, 4.69) is 11.9 Å². The van der Waals surface area contributed by atoms with E-state index in [9.17, 15) is 22.6 Å². The number of ether oxygens (including phenoxy) is 1. The first-order valence-corrected chi connectivity index (χ1v) is 8.41. The fraction of sp³-hybridized carbons (Fsp3) is 0.692. The van der Waals surface area contributed by atoms with Crippen molar-refractivity contribution in [3.63, 3.8) is 0 Å². The molecule has 0 fully saturated rings. The molecule has 0 aromatic rings. The smallest absolute Gasteiger partial charge is 0.331 e. The molecule has 22 heavy (non-hydrogen) atoms. The van der Waals surface area contributed by atoms with Crippen molar-refractivity contribution < 1.29 is 32.4 Å². The van der Waals surface area contributed by atoms with E-state index < -0.39 is 33.5 Å². The van der Waals surface area contributed by atoms with Crippen LogP contribution >= 0.6 is 0 Å². The van der Waals surface area contributed by atoms with Gasteiger partial charge in [0.05, 0.1) is 5.25 Å². The minimum atomic E-state index is -4.24. The maximum absolute atomic E-state index is 11.3. The molecule has 3 N–H and O–H groups in total. The third kappa shape index (κ3) is 10.3. The van der Waals surface area contributed by atoms with E-state index in [1.165, 1.54) is 6.92 Å². The van der Waals surface area contributed by atoms with E-state index in [1.807, 2.05) is 0 Å². The van der Waals surface area contributed by atoms with Crippen LogP contribution in [0.25, 0.3) is 0 Å². The van der Waals surface area contributed by atoms with Crippen molar-refractivity contribution in [1.29, 1.82) is 0 Å². The van der Waals surface area contributed by atoms with Gasteiger partial charge in [-0.2, -0.15) is 8.42 Å². The monoisotopic (exact) mass is 337 g/mol. The Bertz CT molecular complexity index is 475. The van der Waals surface area contributed by atoms with Crippen LogP contribution in [0.5, 0.6) is 0 Å². The Hall–Kier alpha value is -1.45. The number of hydrogen-bond acceptors (Lipinski definition) is 6. The number of carbonyl (C=O) groups is 2. The Morgan fingerprint density at radius 2 is 1.95 bits per heavy atom. The Balaban J connectivity index is 4.22. The van der Waals surface area contributed by atoms with Crippen molar-refractivity contribution in [2.45, 2.75) is 50.5 Å². The first-order valence-electron chi connectivity index (χ1n) is 6.91. The molecule has 0 aromatic carbocycles. The quantitative estimate of drug-likeness (QED) is 0.158. The number of carbonyl (C=O) groups excluding carboxylic acids is 1. The molecule has 0 saturated carbocycles. The van der Waals surface area contributed by atoms with Gasteiger partial charge in [-0.05, 0) is 19.8 Å². The molecule has 0 bridgehead atoms. The summed E-state index contributed by atoms with van der Waals surface area (Å²) in [7, 11) is -4.24. The average molecular weight is 337 g/mol. The lowest BCUT2D eigenvalue weighted by Crippen LogP contribution is -2.39. The van der Waals surface area contributed by atoms with Crippen molar-refractivity contribution in [1.82, 2.24) is 5.32 Å². The average Bonchev–Trinajstić information content (AvgIpc) is 2.39. The summed E-state index contributed by atoms with van der Waals surface area (Å²) in [4.78, 5) is 21.3. The summed E-state index contributed by atoms with van der Waals surface area (Å²) in [5.41, 5.74) is 0. The van der Waals surface area contributed by atoms with E-state index in [-0.39, 0.29) is 19.4 Å². The lowest BCUT2D eigenvalue weighted by Gasteiger charge is -2.18. The zero-order valence-electron chi connectivity index (χ0n) is 12.5. The number of unbranched alkanes of at least 4 members (excludes halogenated alkanes) is 2. The van der Waals surface area contributed by atoms with Crippen molar-refractivity contribution in [3.8, 4) is 0 Å². The first kappa shape index (κ1) is 20.6. The van der Waals surface area contributed by atoms with E-state index in [1.54, 1.807) is 0 Å². The third-order valence-electron chi connectivity index (χ3n) is 2.93. The van der Waals surface area contributed by atoms with Gasteiger partial charge in [-0.25, -0.2) is 4.79 Å². The molecule has 0 heterocycles. The predicted molar refractivity (Wildman–Crippen MR) is 79.8 cm³/mol. The van der Waals surface area contributed by atoms with Gasteiger partial charge in [-0.1, -0.05) is 19.4 Å². The van der Waals surface area contributed by atoms with E-state index in [0.29, 0.717) is 19.3 Å². The predicted octanol–water partition coefficient (Wildman–Crippen LogP) is 0.943. The number of aliphatic carboxylic acids is 1. The lowest BCUT2D eigenvalue weighted by atomic mass is 10.1. The minimum Gasteiger partial charge on any atom is -0.481 e. The van der Waals surface area contributed by atoms with Gasteiger partial charge < -0.3 is 9.84 Å². The Labute approximate surface area is 130 Å². The second kappa shape index (κ2) is 10.3. The molecule has 2 atom stereocenters. The van der Waals surface area contributed by atoms with Crippen molar-refractivity contribution in [2.24, 2.45) is 0 Å². The molecule has 0 rings (SSSR count). The summed E-state index contributed by atoms with van der Waals surface area (Å²) >= 11 is 0.